The van der Waals surface area contributed by atoms with Crippen molar-refractivity contribution in [1.82, 2.24) is 19.7 Å². The summed E-state index contributed by atoms with van der Waals surface area (Å²) in [6.07, 6.45) is 5.59. The van der Waals surface area contributed by atoms with Gasteiger partial charge in [0.2, 0.25) is 0 Å². The molecule has 0 N–H and O–H groups in total. The van der Waals surface area contributed by atoms with Crippen LogP contribution in [0.2, 0.25) is 0 Å². The van der Waals surface area contributed by atoms with E-state index in [2.05, 4.69) is 63.9 Å². The second-order valence-corrected chi connectivity index (χ2v) is 5.82. The first-order valence-electron chi connectivity index (χ1n) is 7.53. The predicted octanol–water partition coefficient (Wildman–Crippen LogP) is 3.82. The monoisotopic (exact) mass is 292 g/mol. The Bertz CT molecular complexity index is 774. The van der Waals surface area contributed by atoms with Crippen LogP contribution in [0.15, 0.2) is 48.9 Å². The van der Waals surface area contributed by atoms with Crippen molar-refractivity contribution in [3.63, 3.8) is 0 Å². The molecule has 0 atom stereocenters. The average molecular weight is 292 g/mol. The van der Waals surface area contributed by atoms with Crippen LogP contribution in [0.4, 0.5) is 0 Å². The Labute approximate surface area is 130 Å². The number of hydrogen-bond donors (Lipinski definition) is 0. The van der Waals surface area contributed by atoms with E-state index in [4.69, 9.17) is 0 Å². The standard InChI is InChI=1S/C18H20N4/c1-13(2)15-5-4-6-16(9-15)17-10-18(21-20-11-17)12-22-8-7-19-14(22)3/h4-11,13H,12H2,1-3H3. The molecule has 4 heteroatoms. The van der Waals surface area contributed by atoms with Gasteiger partial charge in [-0.2, -0.15) is 10.2 Å². The molecule has 0 aliphatic heterocycles. The van der Waals surface area contributed by atoms with Gasteiger partial charge in [-0.05, 0) is 30.0 Å². The number of aryl methyl sites for hydroxylation is 1. The van der Waals surface area contributed by atoms with Gasteiger partial charge in [-0.15, -0.1) is 0 Å². The lowest BCUT2D eigenvalue weighted by Gasteiger charge is -2.09. The van der Waals surface area contributed by atoms with Crippen molar-refractivity contribution in [2.45, 2.75) is 33.2 Å². The number of rotatable bonds is 4. The molecule has 0 fully saturated rings. The highest BCUT2D eigenvalue weighted by Gasteiger charge is 2.06. The minimum absolute atomic E-state index is 0.516. The van der Waals surface area contributed by atoms with Crippen molar-refractivity contribution in [2.24, 2.45) is 0 Å². The zero-order chi connectivity index (χ0) is 15.5. The van der Waals surface area contributed by atoms with Crippen molar-refractivity contribution < 1.29 is 0 Å². The Morgan fingerprint density at radius 2 is 2.00 bits per heavy atom. The molecule has 3 rings (SSSR count). The minimum Gasteiger partial charge on any atom is -0.329 e. The van der Waals surface area contributed by atoms with Crippen molar-refractivity contribution in [3.8, 4) is 11.1 Å². The number of imidazole rings is 1. The van der Waals surface area contributed by atoms with E-state index in [0.717, 1.165) is 17.1 Å². The van der Waals surface area contributed by atoms with Gasteiger partial charge in [-0.3, -0.25) is 0 Å². The van der Waals surface area contributed by atoms with Gasteiger partial charge in [-0.1, -0.05) is 38.1 Å². The number of aromatic nitrogens is 4. The topological polar surface area (TPSA) is 43.6 Å². The Hall–Kier alpha value is -2.49. The van der Waals surface area contributed by atoms with Gasteiger partial charge in [0.15, 0.2) is 0 Å². The predicted molar refractivity (Wildman–Crippen MR) is 87.6 cm³/mol. The van der Waals surface area contributed by atoms with E-state index < -0.39 is 0 Å². The largest absolute Gasteiger partial charge is 0.329 e. The van der Waals surface area contributed by atoms with E-state index in [0.29, 0.717) is 12.5 Å². The maximum Gasteiger partial charge on any atom is 0.105 e. The fourth-order valence-corrected chi connectivity index (χ4v) is 2.47. The molecule has 0 spiro atoms. The van der Waals surface area contributed by atoms with Gasteiger partial charge in [0, 0.05) is 18.0 Å². The lowest BCUT2D eigenvalue weighted by molar-refractivity contribution is 0.726. The van der Waals surface area contributed by atoms with Gasteiger partial charge in [0.05, 0.1) is 18.4 Å². The van der Waals surface area contributed by atoms with Gasteiger partial charge in [0.25, 0.3) is 0 Å². The smallest absolute Gasteiger partial charge is 0.105 e. The molecule has 2 aromatic heterocycles. The Morgan fingerprint density at radius 3 is 2.73 bits per heavy atom. The van der Waals surface area contributed by atoms with Crippen molar-refractivity contribution in [2.75, 3.05) is 0 Å². The zero-order valence-corrected chi connectivity index (χ0v) is 13.2. The highest BCUT2D eigenvalue weighted by Crippen LogP contribution is 2.23. The summed E-state index contributed by atoms with van der Waals surface area (Å²) in [6, 6.07) is 10.7. The molecule has 22 heavy (non-hydrogen) atoms. The van der Waals surface area contributed by atoms with E-state index in [1.165, 1.54) is 11.1 Å². The van der Waals surface area contributed by atoms with Crippen LogP contribution < -0.4 is 0 Å². The van der Waals surface area contributed by atoms with E-state index in [9.17, 15) is 0 Å². The summed E-state index contributed by atoms with van der Waals surface area (Å²) in [6.45, 7) is 7.09. The summed E-state index contributed by atoms with van der Waals surface area (Å²) >= 11 is 0. The quantitative estimate of drug-likeness (QED) is 0.734. The second kappa shape index (κ2) is 6.10. The molecule has 1 aromatic carbocycles. The van der Waals surface area contributed by atoms with E-state index in [-0.39, 0.29) is 0 Å². The van der Waals surface area contributed by atoms with Crippen molar-refractivity contribution in [1.29, 1.82) is 0 Å². The number of hydrogen-bond acceptors (Lipinski definition) is 3. The second-order valence-electron chi connectivity index (χ2n) is 5.82. The third-order valence-electron chi connectivity index (χ3n) is 3.85. The Kier molecular flexibility index (Phi) is 4.00. The first kappa shape index (κ1) is 14.4. The number of benzene rings is 1. The fourth-order valence-electron chi connectivity index (χ4n) is 2.47. The first-order chi connectivity index (χ1) is 10.6. The summed E-state index contributed by atoms with van der Waals surface area (Å²) in [5.41, 5.74) is 4.56. The molecule has 0 radical (unpaired) electrons. The summed E-state index contributed by atoms with van der Waals surface area (Å²) < 4.78 is 2.07. The average Bonchev–Trinajstić information content (AvgIpc) is 2.93. The summed E-state index contributed by atoms with van der Waals surface area (Å²) in [5, 5.41) is 8.40. The lowest BCUT2D eigenvalue weighted by atomic mass is 9.98. The molecular weight excluding hydrogens is 272 g/mol. The van der Waals surface area contributed by atoms with Crippen LogP contribution in [0, 0.1) is 6.92 Å². The summed E-state index contributed by atoms with van der Waals surface area (Å²) in [5.74, 6) is 1.50. The normalized spacial score (nSPS) is 11.1. The number of nitrogens with zero attached hydrogens (tertiary/aromatic N) is 4. The van der Waals surface area contributed by atoms with Crippen LogP contribution in [0.5, 0.6) is 0 Å². The van der Waals surface area contributed by atoms with E-state index >= 15 is 0 Å². The van der Waals surface area contributed by atoms with Gasteiger partial charge in [-0.25, -0.2) is 4.98 Å². The highest BCUT2D eigenvalue weighted by atomic mass is 15.1. The molecule has 0 saturated heterocycles. The highest BCUT2D eigenvalue weighted by molar-refractivity contribution is 5.63. The molecule has 0 saturated carbocycles. The maximum absolute atomic E-state index is 4.24. The molecule has 0 bridgehead atoms. The molecule has 4 nitrogen and oxygen atoms in total. The maximum atomic E-state index is 4.24. The van der Waals surface area contributed by atoms with Crippen LogP contribution in [0.3, 0.4) is 0 Å². The van der Waals surface area contributed by atoms with Crippen LogP contribution in [0.1, 0.15) is 36.8 Å². The summed E-state index contributed by atoms with van der Waals surface area (Å²) in [4.78, 5) is 4.24. The van der Waals surface area contributed by atoms with Gasteiger partial charge in [0.1, 0.15) is 5.82 Å². The summed E-state index contributed by atoms with van der Waals surface area (Å²) in [7, 11) is 0. The molecule has 0 aliphatic rings. The van der Waals surface area contributed by atoms with Crippen LogP contribution in [0.25, 0.3) is 11.1 Å². The third-order valence-corrected chi connectivity index (χ3v) is 3.85. The molecule has 3 aromatic rings. The van der Waals surface area contributed by atoms with E-state index in [1.54, 1.807) is 6.20 Å². The van der Waals surface area contributed by atoms with E-state index in [1.807, 2.05) is 19.3 Å². The SMILES string of the molecule is Cc1nccn1Cc1cc(-c2cccc(C(C)C)c2)cnn1. The Morgan fingerprint density at radius 1 is 1.14 bits per heavy atom. The van der Waals surface area contributed by atoms with Crippen LogP contribution in [-0.4, -0.2) is 19.7 Å². The van der Waals surface area contributed by atoms with Crippen LogP contribution >= 0.6 is 0 Å². The Balaban J connectivity index is 1.91. The van der Waals surface area contributed by atoms with Crippen molar-refractivity contribution in [3.05, 3.63) is 66.0 Å². The zero-order valence-electron chi connectivity index (χ0n) is 13.2. The minimum atomic E-state index is 0.516. The fraction of sp³-hybridized carbons (Fsp3) is 0.278. The molecule has 0 amide bonds. The lowest BCUT2D eigenvalue weighted by Crippen LogP contribution is -2.04. The third kappa shape index (κ3) is 3.06. The van der Waals surface area contributed by atoms with Gasteiger partial charge >= 0.3 is 0 Å². The van der Waals surface area contributed by atoms with Crippen molar-refractivity contribution >= 4 is 0 Å². The van der Waals surface area contributed by atoms with Gasteiger partial charge < -0.3 is 4.57 Å². The molecule has 0 unspecified atom stereocenters. The molecular formula is C18H20N4. The molecule has 112 valence electrons. The first-order valence-corrected chi connectivity index (χ1v) is 7.53. The molecule has 0 aliphatic carbocycles. The molecule has 2 heterocycles. The van der Waals surface area contributed by atoms with Crippen LogP contribution in [-0.2, 0) is 6.54 Å².